The summed E-state index contributed by atoms with van der Waals surface area (Å²) in [7, 11) is 0. The molecule has 0 unspecified atom stereocenters. The summed E-state index contributed by atoms with van der Waals surface area (Å²) in [6, 6.07) is 6.71. The number of aromatic nitrogens is 2. The zero-order valence-corrected chi connectivity index (χ0v) is 9.22. The van der Waals surface area contributed by atoms with E-state index in [0.29, 0.717) is 17.6 Å². The van der Waals surface area contributed by atoms with Crippen molar-refractivity contribution in [3.63, 3.8) is 0 Å². The molecule has 0 aliphatic carbocycles. The Morgan fingerprint density at radius 3 is 2.89 bits per heavy atom. The molecular weight excluding hydrogens is 238 g/mol. The quantitative estimate of drug-likeness (QED) is 0.455. The Balaban J connectivity index is 2.06. The van der Waals surface area contributed by atoms with Gasteiger partial charge in [-0.2, -0.15) is 5.10 Å². The Labute approximate surface area is 102 Å². The van der Waals surface area contributed by atoms with Gasteiger partial charge >= 0.3 is 5.69 Å². The highest BCUT2D eigenvalue weighted by molar-refractivity contribution is 5.79. The second-order valence-corrected chi connectivity index (χ2v) is 3.42. The highest BCUT2D eigenvalue weighted by Crippen LogP contribution is 2.16. The molecule has 0 atom stereocenters. The monoisotopic (exact) mass is 247 g/mol. The van der Waals surface area contributed by atoms with Crippen LogP contribution in [-0.4, -0.2) is 21.0 Å². The lowest BCUT2D eigenvalue weighted by molar-refractivity contribution is -0.385. The molecular formula is C11H9N3O4. The SMILES string of the molecule is O=Cc1ccccc1OCn1cc([N+](=O)[O-])cn1. The van der Waals surface area contributed by atoms with Crippen molar-refractivity contribution in [1.82, 2.24) is 9.78 Å². The van der Waals surface area contributed by atoms with Crippen molar-refractivity contribution in [2.24, 2.45) is 0 Å². The van der Waals surface area contributed by atoms with Gasteiger partial charge in [0.1, 0.15) is 18.1 Å². The average molecular weight is 247 g/mol. The maximum Gasteiger partial charge on any atom is 0.307 e. The number of benzene rings is 1. The van der Waals surface area contributed by atoms with E-state index in [1.54, 1.807) is 24.3 Å². The fourth-order valence-electron chi connectivity index (χ4n) is 1.36. The van der Waals surface area contributed by atoms with Crippen molar-refractivity contribution in [2.75, 3.05) is 0 Å². The van der Waals surface area contributed by atoms with E-state index in [2.05, 4.69) is 5.10 Å². The zero-order valence-electron chi connectivity index (χ0n) is 9.22. The third-order valence-electron chi connectivity index (χ3n) is 2.23. The number of aldehydes is 1. The number of hydrogen-bond donors (Lipinski definition) is 0. The van der Waals surface area contributed by atoms with E-state index in [-0.39, 0.29) is 12.4 Å². The van der Waals surface area contributed by atoms with Crippen LogP contribution in [0.4, 0.5) is 5.69 Å². The Hall–Kier alpha value is -2.70. The third-order valence-corrected chi connectivity index (χ3v) is 2.23. The van der Waals surface area contributed by atoms with Gasteiger partial charge in [-0.15, -0.1) is 0 Å². The summed E-state index contributed by atoms with van der Waals surface area (Å²) in [6.45, 7) is -0.00130. The van der Waals surface area contributed by atoms with E-state index in [4.69, 9.17) is 4.74 Å². The first-order chi connectivity index (χ1) is 8.70. The lowest BCUT2D eigenvalue weighted by atomic mass is 10.2. The molecule has 0 radical (unpaired) electrons. The molecule has 0 bridgehead atoms. The first-order valence-electron chi connectivity index (χ1n) is 5.04. The van der Waals surface area contributed by atoms with Crippen LogP contribution < -0.4 is 4.74 Å². The summed E-state index contributed by atoms with van der Waals surface area (Å²) in [5.74, 6) is 0.408. The summed E-state index contributed by atoms with van der Waals surface area (Å²) in [5.41, 5.74) is 0.307. The van der Waals surface area contributed by atoms with Crippen LogP contribution in [0.2, 0.25) is 0 Å². The van der Waals surface area contributed by atoms with Gasteiger partial charge in [0.2, 0.25) is 0 Å². The summed E-state index contributed by atoms with van der Waals surface area (Å²) in [6.07, 6.45) is 3.07. The molecule has 0 spiro atoms. The molecule has 7 nitrogen and oxygen atoms in total. The molecule has 0 fully saturated rings. The van der Waals surface area contributed by atoms with Gasteiger partial charge in [-0.05, 0) is 12.1 Å². The number of hydrogen-bond acceptors (Lipinski definition) is 5. The van der Waals surface area contributed by atoms with Gasteiger partial charge in [-0.1, -0.05) is 12.1 Å². The molecule has 0 saturated heterocycles. The fraction of sp³-hybridized carbons (Fsp3) is 0.0909. The Morgan fingerprint density at radius 2 is 2.22 bits per heavy atom. The van der Waals surface area contributed by atoms with E-state index < -0.39 is 4.92 Å². The molecule has 1 heterocycles. The van der Waals surface area contributed by atoms with Gasteiger partial charge in [0.15, 0.2) is 13.0 Å². The van der Waals surface area contributed by atoms with Crippen molar-refractivity contribution < 1.29 is 14.5 Å². The Morgan fingerprint density at radius 1 is 1.44 bits per heavy atom. The average Bonchev–Trinajstić information content (AvgIpc) is 2.85. The smallest absolute Gasteiger partial charge is 0.307 e. The van der Waals surface area contributed by atoms with E-state index in [1.165, 1.54) is 10.9 Å². The van der Waals surface area contributed by atoms with Crippen molar-refractivity contribution in [1.29, 1.82) is 0 Å². The minimum absolute atomic E-state index is 0.00130. The lowest BCUT2D eigenvalue weighted by Crippen LogP contribution is -2.06. The number of nitro groups is 1. The van der Waals surface area contributed by atoms with Gasteiger partial charge in [0.05, 0.1) is 10.5 Å². The molecule has 0 aliphatic heterocycles. The maximum atomic E-state index is 10.7. The Bertz CT molecular complexity index is 579. The van der Waals surface area contributed by atoms with Crippen LogP contribution in [0.15, 0.2) is 36.7 Å². The molecule has 18 heavy (non-hydrogen) atoms. The zero-order chi connectivity index (χ0) is 13.0. The van der Waals surface area contributed by atoms with Gasteiger partial charge in [-0.3, -0.25) is 14.9 Å². The normalized spacial score (nSPS) is 10.0. The Kier molecular flexibility index (Phi) is 3.33. The molecule has 2 aromatic rings. The predicted molar refractivity (Wildman–Crippen MR) is 61.3 cm³/mol. The predicted octanol–water partition coefficient (Wildman–Crippen LogP) is 1.64. The third kappa shape index (κ3) is 2.51. The van der Waals surface area contributed by atoms with Gasteiger partial charge in [0.25, 0.3) is 0 Å². The first-order valence-corrected chi connectivity index (χ1v) is 5.04. The lowest BCUT2D eigenvalue weighted by Gasteiger charge is -2.07. The molecule has 1 aromatic heterocycles. The van der Waals surface area contributed by atoms with Gasteiger partial charge in [0, 0.05) is 0 Å². The number of carbonyl (C=O) groups excluding carboxylic acids is 1. The summed E-state index contributed by atoms with van der Waals surface area (Å²) in [4.78, 5) is 20.7. The largest absolute Gasteiger partial charge is 0.471 e. The van der Waals surface area contributed by atoms with Gasteiger partial charge < -0.3 is 4.74 Å². The van der Waals surface area contributed by atoms with Crippen LogP contribution >= 0.6 is 0 Å². The van der Waals surface area contributed by atoms with Crippen molar-refractivity contribution in [3.05, 3.63) is 52.3 Å². The second-order valence-electron chi connectivity index (χ2n) is 3.42. The van der Waals surface area contributed by atoms with Crippen LogP contribution in [0, 0.1) is 10.1 Å². The summed E-state index contributed by atoms with van der Waals surface area (Å²) >= 11 is 0. The fourth-order valence-corrected chi connectivity index (χ4v) is 1.36. The van der Waals surface area contributed by atoms with Crippen LogP contribution in [0.1, 0.15) is 10.4 Å². The summed E-state index contributed by atoms with van der Waals surface area (Å²) < 4.78 is 6.63. The van der Waals surface area contributed by atoms with E-state index in [1.807, 2.05) is 0 Å². The molecule has 2 rings (SSSR count). The number of rotatable bonds is 5. The molecule has 1 aromatic carbocycles. The number of ether oxygens (including phenoxy) is 1. The van der Waals surface area contributed by atoms with E-state index in [9.17, 15) is 14.9 Å². The maximum absolute atomic E-state index is 10.7. The highest BCUT2D eigenvalue weighted by Gasteiger charge is 2.09. The van der Waals surface area contributed by atoms with Crippen molar-refractivity contribution in [2.45, 2.75) is 6.73 Å². The topological polar surface area (TPSA) is 87.3 Å². The standard InChI is InChI=1S/C11H9N3O4/c15-7-9-3-1-2-4-11(9)18-8-13-6-10(5-12-13)14(16)17/h1-7H,8H2. The highest BCUT2D eigenvalue weighted by atomic mass is 16.6. The van der Waals surface area contributed by atoms with Crippen molar-refractivity contribution in [3.8, 4) is 5.75 Å². The van der Waals surface area contributed by atoms with Crippen molar-refractivity contribution >= 4 is 12.0 Å². The molecule has 7 heteroatoms. The van der Waals surface area contributed by atoms with Crippen LogP contribution in [0.5, 0.6) is 5.75 Å². The van der Waals surface area contributed by atoms with Crippen LogP contribution in [-0.2, 0) is 6.73 Å². The first kappa shape index (κ1) is 11.8. The molecule has 0 saturated carbocycles. The van der Waals surface area contributed by atoms with E-state index >= 15 is 0 Å². The number of carbonyl (C=O) groups is 1. The summed E-state index contributed by atoms with van der Waals surface area (Å²) in [5, 5.41) is 14.2. The molecule has 0 N–H and O–H groups in total. The molecule has 0 aliphatic rings. The number of para-hydroxylation sites is 1. The van der Waals surface area contributed by atoms with E-state index in [0.717, 1.165) is 6.20 Å². The minimum Gasteiger partial charge on any atom is -0.471 e. The molecule has 0 amide bonds. The van der Waals surface area contributed by atoms with Crippen LogP contribution in [0.3, 0.4) is 0 Å². The molecule has 92 valence electrons. The van der Waals surface area contributed by atoms with Gasteiger partial charge in [-0.25, -0.2) is 4.68 Å². The second kappa shape index (κ2) is 5.09. The number of nitrogens with zero attached hydrogens (tertiary/aromatic N) is 3. The van der Waals surface area contributed by atoms with Crippen LogP contribution in [0.25, 0.3) is 0 Å². The minimum atomic E-state index is -0.539.